The summed E-state index contributed by atoms with van der Waals surface area (Å²) in [5, 5.41) is 1.98. The van der Waals surface area contributed by atoms with Crippen LogP contribution in [0.25, 0.3) is 83.8 Å². The standard InChI is InChI=1S/C42H34N3O.C11H7FN.Ir/c1-26(2)34-24-30(28-14-7-5-8-15-28)25-35(27(3)4)39(34)45-38-21-12-11-20-37(38)43-41(45)33-19-13-18-31-32-22-23-36(29-16-9-6-10-17-29)44-42(32)46-40(31)33;12-10-6-4-9(5-7-10)11-3-1-2-8-13-11;/h5-18,20-27H,1-4H3;1-4,6-8H;/q2*-1;. The zero-order valence-corrected chi connectivity index (χ0v) is 36.0. The van der Waals surface area contributed by atoms with Crippen molar-refractivity contribution < 1.29 is 28.9 Å². The molecule has 0 saturated carbocycles. The molecule has 0 bridgehead atoms. The Kier molecular flexibility index (Phi) is 11.7. The fourth-order valence-electron chi connectivity index (χ4n) is 7.68. The van der Waals surface area contributed by atoms with Gasteiger partial charge in [-0.2, -0.15) is 0 Å². The van der Waals surface area contributed by atoms with Gasteiger partial charge >= 0.3 is 0 Å². The van der Waals surface area contributed by atoms with Crippen LogP contribution in [0.2, 0.25) is 0 Å². The van der Waals surface area contributed by atoms with E-state index in [1.54, 1.807) is 12.3 Å². The number of fused-ring (bicyclic) bond motifs is 4. The number of rotatable bonds is 7. The van der Waals surface area contributed by atoms with Gasteiger partial charge in [-0.25, -0.2) is 4.98 Å². The first-order chi connectivity index (χ1) is 28.8. The Labute approximate surface area is 363 Å². The van der Waals surface area contributed by atoms with E-state index in [2.05, 4.69) is 146 Å². The molecule has 0 spiro atoms. The van der Waals surface area contributed by atoms with Gasteiger partial charge in [-0.15, -0.1) is 48.0 Å². The van der Waals surface area contributed by atoms with Crippen LogP contribution in [0, 0.1) is 17.9 Å². The molecule has 7 heteroatoms. The summed E-state index contributed by atoms with van der Waals surface area (Å²) in [6, 6.07) is 58.5. The van der Waals surface area contributed by atoms with E-state index >= 15 is 0 Å². The number of para-hydroxylation sites is 2. The Morgan fingerprint density at radius 2 is 1.30 bits per heavy atom. The van der Waals surface area contributed by atoms with E-state index in [0.717, 1.165) is 61.3 Å². The van der Waals surface area contributed by atoms with Crippen LogP contribution in [0.5, 0.6) is 0 Å². The second-order valence-electron chi connectivity index (χ2n) is 15.2. The number of hydrogen-bond acceptors (Lipinski definition) is 4. The van der Waals surface area contributed by atoms with Crippen molar-refractivity contribution in [1.82, 2.24) is 19.5 Å². The van der Waals surface area contributed by atoms with Crippen LogP contribution in [0.15, 0.2) is 168 Å². The van der Waals surface area contributed by atoms with Crippen LogP contribution < -0.4 is 0 Å². The van der Waals surface area contributed by atoms with Crippen LogP contribution in [0.4, 0.5) is 4.39 Å². The van der Waals surface area contributed by atoms with E-state index < -0.39 is 0 Å². The van der Waals surface area contributed by atoms with Crippen molar-refractivity contribution in [2.24, 2.45) is 0 Å². The van der Waals surface area contributed by atoms with Gasteiger partial charge < -0.3 is 14.0 Å². The monoisotopic (exact) mass is 961 g/mol. The first-order valence-corrected chi connectivity index (χ1v) is 19.9. The molecule has 6 aromatic carbocycles. The van der Waals surface area contributed by atoms with Crippen molar-refractivity contribution in [3.63, 3.8) is 0 Å². The molecule has 0 atom stereocenters. The molecule has 60 heavy (non-hydrogen) atoms. The van der Waals surface area contributed by atoms with Gasteiger partial charge in [0, 0.05) is 48.8 Å². The Bertz CT molecular complexity index is 3020. The van der Waals surface area contributed by atoms with E-state index in [-0.39, 0.29) is 37.8 Å². The van der Waals surface area contributed by atoms with E-state index in [0.29, 0.717) is 5.71 Å². The summed E-state index contributed by atoms with van der Waals surface area (Å²) in [7, 11) is 0. The summed E-state index contributed by atoms with van der Waals surface area (Å²) in [6.07, 6.45) is 1.70. The number of halogens is 1. The van der Waals surface area contributed by atoms with Gasteiger partial charge in [0.15, 0.2) is 0 Å². The van der Waals surface area contributed by atoms with Crippen molar-refractivity contribution in [3.05, 3.63) is 193 Å². The molecule has 0 aliphatic heterocycles. The smallest absolute Gasteiger partial charge is 0.216 e. The number of benzene rings is 6. The first-order valence-electron chi connectivity index (χ1n) is 19.9. The zero-order valence-electron chi connectivity index (χ0n) is 33.7. The zero-order chi connectivity index (χ0) is 40.5. The molecule has 0 N–H and O–H groups in total. The number of nitrogens with zero attached hydrogens (tertiary/aromatic N) is 4. The van der Waals surface area contributed by atoms with Gasteiger partial charge in [-0.3, -0.25) is 9.37 Å². The van der Waals surface area contributed by atoms with E-state index in [4.69, 9.17) is 14.4 Å². The van der Waals surface area contributed by atoms with Crippen LogP contribution in [-0.2, 0) is 20.1 Å². The molecule has 297 valence electrons. The minimum atomic E-state index is -0.278. The largest absolute Gasteiger partial charge is 0.486 e. The van der Waals surface area contributed by atoms with Gasteiger partial charge in [0.2, 0.25) is 5.71 Å². The molecular formula is C53H41FIrN4O-2. The Hall–Kier alpha value is -6.53. The maximum absolute atomic E-state index is 12.6. The summed E-state index contributed by atoms with van der Waals surface area (Å²) in [5.74, 6) is 1.08. The third kappa shape index (κ3) is 7.82. The number of imidazole rings is 1. The van der Waals surface area contributed by atoms with Crippen molar-refractivity contribution in [2.75, 3.05) is 0 Å². The maximum atomic E-state index is 12.6. The molecular weight excluding hydrogens is 920 g/mol. The Morgan fingerprint density at radius 1 is 0.617 bits per heavy atom. The summed E-state index contributed by atoms with van der Waals surface area (Å²) in [5.41, 5.74) is 13.9. The molecule has 10 rings (SSSR count). The molecule has 0 aliphatic carbocycles. The number of furan rings is 1. The second kappa shape index (κ2) is 17.4. The average Bonchev–Trinajstić information content (AvgIpc) is 3.86. The van der Waals surface area contributed by atoms with Gasteiger partial charge in [-0.05, 0) is 82.2 Å². The number of pyridine rings is 2. The van der Waals surface area contributed by atoms with E-state index in [1.165, 1.54) is 40.1 Å². The van der Waals surface area contributed by atoms with Crippen molar-refractivity contribution in [1.29, 1.82) is 0 Å². The topological polar surface area (TPSA) is 56.7 Å². The number of hydrogen-bond donors (Lipinski definition) is 0. The molecule has 0 amide bonds. The summed E-state index contributed by atoms with van der Waals surface area (Å²) in [6.45, 7) is 9.11. The molecule has 4 aromatic heterocycles. The first kappa shape index (κ1) is 40.3. The average molecular weight is 961 g/mol. The Balaban J connectivity index is 0.000000304. The molecule has 0 fully saturated rings. The van der Waals surface area contributed by atoms with Crippen LogP contribution in [-0.4, -0.2) is 19.5 Å². The summed E-state index contributed by atoms with van der Waals surface area (Å²) < 4.78 is 21.5. The third-order valence-corrected chi connectivity index (χ3v) is 10.6. The van der Waals surface area contributed by atoms with E-state index in [9.17, 15) is 4.39 Å². The maximum Gasteiger partial charge on any atom is 0.216 e. The number of aromatic nitrogens is 4. The van der Waals surface area contributed by atoms with Crippen LogP contribution >= 0.6 is 0 Å². The second-order valence-corrected chi connectivity index (χ2v) is 15.2. The minimum absolute atomic E-state index is 0. The van der Waals surface area contributed by atoms with Gasteiger partial charge in [0.05, 0.1) is 28.1 Å². The molecule has 4 heterocycles. The molecule has 10 aromatic rings. The van der Waals surface area contributed by atoms with Crippen LogP contribution in [0.3, 0.4) is 0 Å². The fraction of sp³-hybridized carbons (Fsp3) is 0.113. The molecule has 5 nitrogen and oxygen atoms in total. The minimum Gasteiger partial charge on any atom is -0.486 e. The normalized spacial score (nSPS) is 11.2. The van der Waals surface area contributed by atoms with Crippen LogP contribution in [0.1, 0.15) is 50.7 Å². The van der Waals surface area contributed by atoms with Crippen molar-refractivity contribution >= 4 is 33.1 Å². The SMILES string of the molecule is CC(C)c1cc(-c2ccccc2)cc(C(C)C)c1-n1c(-c2[c-]ccc3c2oc2nc(-c4ccccc4)ccc23)nc2ccccc21.Fc1c[c-]c(-c2ccccn2)cc1.[Ir]. The Morgan fingerprint density at radius 3 is 1.97 bits per heavy atom. The summed E-state index contributed by atoms with van der Waals surface area (Å²) >= 11 is 0. The van der Waals surface area contributed by atoms with Crippen molar-refractivity contribution in [2.45, 2.75) is 39.5 Å². The predicted molar refractivity (Wildman–Crippen MR) is 238 cm³/mol. The van der Waals surface area contributed by atoms with Gasteiger partial charge in [0.1, 0.15) is 0 Å². The third-order valence-electron chi connectivity index (χ3n) is 10.6. The van der Waals surface area contributed by atoms with Crippen molar-refractivity contribution in [3.8, 4) is 50.7 Å². The summed E-state index contributed by atoms with van der Waals surface area (Å²) in [4.78, 5) is 14.3. The molecule has 0 aliphatic rings. The quantitative estimate of drug-likeness (QED) is 0.149. The molecule has 0 unspecified atom stereocenters. The molecule has 1 radical (unpaired) electrons. The fourth-order valence-corrected chi connectivity index (χ4v) is 7.68. The van der Waals surface area contributed by atoms with E-state index in [1.807, 2.05) is 42.5 Å². The molecule has 0 saturated heterocycles. The van der Waals surface area contributed by atoms with Gasteiger partial charge in [0.25, 0.3) is 0 Å². The van der Waals surface area contributed by atoms with Gasteiger partial charge in [-0.1, -0.05) is 124 Å². The predicted octanol–water partition coefficient (Wildman–Crippen LogP) is 14.1.